The van der Waals surface area contributed by atoms with Crippen LogP contribution in [0.3, 0.4) is 0 Å². The normalized spacial score (nSPS) is 12.2. The van der Waals surface area contributed by atoms with E-state index in [4.69, 9.17) is 4.74 Å². The second kappa shape index (κ2) is 6.31. The number of Topliss-reactive ketones (excluding diaryl/α,β-unsaturated/α-hetero) is 1. The van der Waals surface area contributed by atoms with Crippen LogP contribution >= 0.6 is 0 Å². The molecule has 0 saturated carbocycles. The molecular formula is C14H20O2. The predicted molar refractivity (Wildman–Crippen MR) is 66.0 cm³/mol. The second-order valence-electron chi connectivity index (χ2n) is 4.20. The van der Waals surface area contributed by atoms with Gasteiger partial charge in [-0.05, 0) is 36.6 Å². The fraction of sp³-hybridized carbons (Fsp3) is 0.500. The molecule has 2 heteroatoms. The molecule has 0 unspecified atom stereocenters. The molecule has 0 bridgehead atoms. The third kappa shape index (κ3) is 3.69. The average Bonchev–Trinajstić information content (AvgIpc) is 2.35. The molecule has 0 spiro atoms. The van der Waals surface area contributed by atoms with Gasteiger partial charge in [0.15, 0.2) is 5.78 Å². The van der Waals surface area contributed by atoms with Crippen molar-refractivity contribution < 1.29 is 9.53 Å². The lowest BCUT2D eigenvalue weighted by atomic mass is 9.98. The van der Waals surface area contributed by atoms with Gasteiger partial charge in [-0.3, -0.25) is 4.79 Å². The molecule has 0 aliphatic heterocycles. The molecule has 0 saturated heterocycles. The zero-order valence-corrected chi connectivity index (χ0v) is 10.3. The Hall–Kier alpha value is -1.31. The summed E-state index contributed by atoms with van der Waals surface area (Å²) in [4.78, 5) is 11.8. The first-order valence-electron chi connectivity index (χ1n) is 5.84. The minimum atomic E-state index is 0.225. The summed E-state index contributed by atoms with van der Waals surface area (Å²) in [7, 11) is 1.62. The highest BCUT2D eigenvalue weighted by molar-refractivity contribution is 5.96. The van der Waals surface area contributed by atoms with Crippen molar-refractivity contribution >= 4 is 5.78 Å². The van der Waals surface area contributed by atoms with Gasteiger partial charge in [0.05, 0.1) is 7.11 Å². The highest BCUT2D eigenvalue weighted by Crippen LogP contribution is 2.16. The van der Waals surface area contributed by atoms with E-state index < -0.39 is 0 Å². The number of hydrogen-bond acceptors (Lipinski definition) is 2. The molecule has 1 atom stereocenters. The summed E-state index contributed by atoms with van der Waals surface area (Å²) in [5.74, 6) is 1.64. The van der Waals surface area contributed by atoms with E-state index in [9.17, 15) is 4.79 Å². The average molecular weight is 220 g/mol. The van der Waals surface area contributed by atoms with Crippen LogP contribution in [0.1, 0.15) is 43.5 Å². The summed E-state index contributed by atoms with van der Waals surface area (Å²) in [6.07, 6.45) is 2.75. The van der Waals surface area contributed by atoms with E-state index >= 15 is 0 Å². The second-order valence-corrected chi connectivity index (χ2v) is 4.20. The van der Waals surface area contributed by atoms with Gasteiger partial charge in [-0.15, -0.1) is 0 Å². The van der Waals surface area contributed by atoms with Crippen LogP contribution in [-0.4, -0.2) is 12.9 Å². The number of rotatable bonds is 6. The van der Waals surface area contributed by atoms with Crippen molar-refractivity contribution in [1.82, 2.24) is 0 Å². The first-order valence-corrected chi connectivity index (χ1v) is 5.84. The summed E-state index contributed by atoms with van der Waals surface area (Å²) in [5.41, 5.74) is 0.782. The standard InChI is InChI=1S/C14H20O2/c1-4-11(2)5-10-14(15)12-6-8-13(16-3)9-7-12/h6-9,11H,4-5,10H2,1-3H3/t11-/m0/s1. The number of benzene rings is 1. The monoisotopic (exact) mass is 220 g/mol. The van der Waals surface area contributed by atoms with E-state index in [-0.39, 0.29) is 5.78 Å². The van der Waals surface area contributed by atoms with Gasteiger partial charge in [0.1, 0.15) is 5.75 Å². The van der Waals surface area contributed by atoms with Gasteiger partial charge in [-0.2, -0.15) is 0 Å². The topological polar surface area (TPSA) is 26.3 Å². The van der Waals surface area contributed by atoms with Crippen LogP contribution in [0.15, 0.2) is 24.3 Å². The van der Waals surface area contributed by atoms with E-state index in [1.165, 1.54) is 0 Å². The Morgan fingerprint density at radius 2 is 1.94 bits per heavy atom. The molecule has 0 amide bonds. The lowest BCUT2D eigenvalue weighted by molar-refractivity contribution is 0.0974. The molecule has 88 valence electrons. The first kappa shape index (κ1) is 12.8. The van der Waals surface area contributed by atoms with Crippen molar-refractivity contribution in [2.75, 3.05) is 7.11 Å². The highest BCUT2D eigenvalue weighted by Gasteiger charge is 2.07. The van der Waals surface area contributed by atoms with Crippen LogP contribution in [0, 0.1) is 5.92 Å². The molecule has 0 fully saturated rings. The van der Waals surface area contributed by atoms with Crippen LogP contribution < -0.4 is 4.74 Å². The minimum Gasteiger partial charge on any atom is -0.497 e. The van der Waals surface area contributed by atoms with E-state index in [0.717, 1.165) is 24.2 Å². The maximum Gasteiger partial charge on any atom is 0.162 e. The summed E-state index contributed by atoms with van der Waals surface area (Å²) in [6, 6.07) is 7.32. The molecule has 0 heterocycles. The fourth-order valence-electron chi connectivity index (χ4n) is 1.50. The van der Waals surface area contributed by atoms with E-state index in [1.54, 1.807) is 7.11 Å². The lowest BCUT2D eigenvalue weighted by Crippen LogP contribution is -2.02. The summed E-state index contributed by atoms with van der Waals surface area (Å²) in [5, 5.41) is 0. The summed E-state index contributed by atoms with van der Waals surface area (Å²) < 4.78 is 5.05. The molecule has 0 aliphatic carbocycles. The van der Waals surface area contributed by atoms with Crippen molar-refractivity contribution in [3.8, 4) is 5.75 Å². The molecule has 1 aromatic rings. The van der Waals surface area contributed by atoms with Crippen LogP contribution in [0.25, 0.3) is 0 Å². The molecule has 1 aromatic carbocycles. The third-order valence-corrected chi connectivity index (χ3v) is 2.97. The van der Waals surface area contributed by atoms with Crippen molar-refractivity contribution in [3.63, 3.8) is 0 Å². The molecule has 16 heavy (non-hydrogen) atoms. The molecule has 0 aromatic heterocycles. The number of hydrogen-bond donors (Lipinski definition) is 0. The minimum absolute atomic E-state index is 0.225. The van der Waals surface area contributed by atoms with Gasteiger partial charge >= 0.3 is 0 Å². The first-order chi connectivity index (χ1) is 7.67. The van der Waals surface area contributed by atoms with Crippen molar-refractivity contribution in [2.45, 2.75) is 33.1 Å². The Morgan fingerprint density at radius 3 is 2.44 bits per heavy atom. The van der Waals surface area contributed by atoms with E-state index in [2.05, 4.69) is 13.8 Å². The lowest BCUT2D eigenvalue weighted by Gasteiger charge is -2.07. The van der Waals surface area contributed by atoms with Gasteiger partial charge in [0, 0.05) is 12.0 Å². The molecule has 0 N–H and O–H groups in total. The van der Waals surface area contributed by atoms with Gasteiger partial charge < -0.3 is 4.74 Å². The summed E-state index contributed by atoms with van der Waals surface area (Å²) >= 11 is 0. The van der Waals surface area contributed by atoms with Crippen LogP contribution in [0.2, 0.25) is 0 Å². The van der Waals surface area contributed by atoms with Crippen molar-refractivity contribution in [2.24, 2.45) is 5.92 Å². The zero-order valence-electron chi connectivity index (χ0n) is 10.3. The smallest absolute Gasteiger partial charge is 0.162 e. The highest BCUT2D eigenvalue weighted by atomic mass is 16.5. The number of carbonyl (C=O) groups excluding carboxylic acids is 1. The maximum atomic E-state index is 11.8. The van der Waals surface area contributed by atoms with Gasteiger partial charge in [0.25, 0.3) is 0 Å². The Bertz CT molecular complexity index is 327. The van der Waals surface area contributed by atoms with Crippen LogP contribution in [0.4, 0.5) is 0 Å². The Kier molecular flexibility index (Phi) is 5.03. The Balaban J connectivity index is 2.52. The summed E-state index contributed by atoms with van der Waals surface area (Å²) in [6.45, 7) is 4.34. The van der Waals surface area contributed by atoms with Crippen molar-refractivity contribution in [3.05, 3.63) is 29.8 Å². The number of ketones is 1. The molecule has 0 aliphatic rings. The largest absolute Gasteiger partial charge is 0.497 e. The van der Waals surface area contributed by atoms with E-state index in [0.29, 0.717) is 12.3 Å². The van der Waals surface area contributed by atoms with Gasteiger partial charge in [0.2, 0.25) is 0 Å². The number of carbonyl (C=O) groups is 1. The molecule has 1 rings (SSSR count). The quantitative estimate of drug-likeness (QED) is 0.683. The van der Waals surface area contributed by atoms with Crippen LogP contribution in [-0.2, 0) is 0 Å². The maximum absolute atomic E-state index is 11.8. The van der Waals surface area contributed by atoms with E-state index in [1.807, 2.05) is 24.3 Å². The Morgan fingerprint density at radius 1 is 1.31 bits per heavy atom. The number of methoxy groups -OCH3 is 1. The SMILES string of the molecule is CC[C@H](C)CCC(=O)c1ccc(OC)cc1. The number of ether oxygens (including phenoxy) is 1. The molecule has 2 nitrogen and oxygen atoms in total. The fourth-order valence-corrected chi connectivity index (χ4v) is 1.50. The molecular weight excluding hydrogens is 200 g/mol. The van der Waals surface area contributed by atoms with Gasteiger partial charge in [-0.25, -0.2) is 0 Å². The zero-order chi connectivity index (χ0) is 12.0. The molecule has 0 radical (unpaired) electrons. The third-order valence-electron chi connectivity index (χ3n) is 2.97. The van der Waals surface area contributed by atoms with Crippen LogP contribution in [0.5, 0.6) is 5.75 Å². The van der Waals surface area contributed by atoms with Crippen molar-refractivity contribution in [1.29, 1.82) is 0 Å². The Labute approximate surface area is 97.6 Å². The predicted octanol–water partition coefficient (Wildman–Crippen LogP) is 3.70. The van der Waals surface area contributed by atoms with Gasteiger partial charge in [-0.1, -0.05) is 20.3 Å².